The number of carbonyl (C=O) groups is 2. The molecule has 1 atom stereocenters. The normalized spacial score (nSPS) is 18.0. The number of nitrogens with zero attached hydrogens (tertiary/aromatic N) is 3. The van der Waals surface area contributed by atoms with Crippen molar-refractivity contribution in [3.8, 4) is 0 Å². The minimum absolute atomic E-state index is 0.0459. The number of para-hydroxylation sites is 1. The van der Waals surface area contributed by atoms with Crippen molar-refractivity contribution in [1.82, 2.24) is 4.57 Å². The smallest absolute Gasteiger partial charge is 0.338 e. The van der Waals surface area contributed by atoms with Gasteiger partial charge >= 0.3 is 5.97 Å². The molecular formula is C28H25N3O4S. The van der Waals surface area contributed by atoms with Crippen molar-refractivity contribution in [2.24, 2.45) is 4.99 Å². The molecule has 2 aliphatic rings. The predicted molar refractivity (Wildman–Crippen MR) is 139 cm³/mol. The molecule has 0 aliphatic carbocycles. The molecule has 0 fully saturated rings. The Balaban J connectivity index is 1.79. The van der Waals surface area contributed by atoms with Crippen LogP contribution >= 0.6 is 11.3 Å². The molecule has 0 saturated heterocycles. The minimum Gasteiger partial charge on any atom is -0.458 e. The SMILES string of the molecule is C=CCOC(=O)C1=C(C)N=c2s/c(=C3/C(=O)N(CCC)c4ccccc43)c(=O)n2[C@H]1c1ccccc1. The molecule has 0 spiro atoms. The second-order valence-electron chi connectivity index (χ2n) is 8.55. The number of hydrogen-bond acceptors (Lipinski definition) is 6. The predicted octanol–water partition coefficient (Wildman–Crippen LogP) is 3.09. The van der Waals surface area contributed by atoms with E-state index < -0.39 is 12.0 Å². The third-order valence-electron chi connectivity index (χ3n) is 6.26. The van der Waals surface area contributed by atoms with E-state index in [1.807, 2.05) is 61.5 Å². The number of benzene rings is 2. The first kappa shape index (κ1) is 23.7. The molecule has 1 amide bonds. The second kappa shape index (κ2) is 9.54. The average Bonchev–Trinajstić information content (AvgIpc) is 3.35. The molecule has 3 aromatic rings. The van der Waals surface area contributed by atoms with Crippen LogP contribution in [0.5, 0.6) is 0 Å². The Labute approximate surface area is 212 Å². The molecule has 2 aliphatic heterocycles. The summed E-state index contributed by atoms with van der Waals surface area (Å²) in [7, 11) is 0. The Bertz CT molecular complexity index is 1600. The number of thiazole rings is 1. The summed E-state index contributed by atoms with van der Waals surface area (Å²) in [6.07, 6.45) is 2.28. The van der Waals surface area contributed by atoms with Gasteiger partial charge in [0.25, 0.3) is 11.5 Å². The van der Waals surface area contributed by atoms with Crippen LogP contribution in [0.3, 0.4) is 0 Å². The summed E-state index contributed by atoms with van der Waals surface area (Å²) in [6, 6.07) is 16.1. The summed E-state index contributed by atoms with van der Waals surface area (Å²) in [6.45, 7) is 7.96. The lowest BCUT2D eigenvalue weighted by atomic mass is 9.96. The van der Waals surface area contributed by atoms with Crippen LogP contribution in [0.25, 0.3) is 5.57 Å². The maximum absolute atomic E-state index is 14.0. The van der Waals surface area contributed by atoms with Crippen LogP contribution in [0.2, 0.25) is 0 Å². The van der Waals surface area contributed by atoms with Gasteiger partial charge in [0.15, 0.2) is 4.80 Å². The number of carbonyl (C=O) groups excluding carboxylic acids is 2. The lowest BCUT2D eigenvalue weighted by Gasteiger charge is -2.24. The van der Waals surface area contributed by atoms with Gasteiger partial charge in [-0.25, -0.2) is 9.79 Å². The zero-order valence-electron chi connectivity index (χ0n) is 20.1. The number of hydrogen-bond donors (Lipinski definition) is 0. The lowest BCUT2D eigenvalue weighted by molar-refractivity contribution is -0.138. The van der Waals surface area contributed by atoms with Crippen molar-refractivity contribution in [3.63, 3.8) is 0 Å². The van der Waals surface area contributed by atoms with E-state index in [1.54, 1.807) is 11.8 Å². The first-order chi connectivity index (χ1) is 17.5. The van der Waals surface area contributed by atoms with Gasteiger partial charge in [-0.2, -0.15) is 0 Å². The van der Waals surface area contributed by atoms with Crippen LogP contribution in [0.4, 0.5) is 5.69 Å². The summed E-state index contributed by atoms with van der Waals surface area (Å²) in [5, 5.41) is 0. The van der Waals surface area contributed by atoms with E-state index in [2.05, 4.69) is 11.6 Å². The number of anilines is 1. The van der Waals surface area contributed by atoms with E-state index in [0.717, 1.165) is 23.2 Å². The minimum atomic E-state index is -0.729. The van der Waals surface area contributed by atoms with E-state index >= 15 is 0 Å². The maximum Gasteiger partial charge on any atom is 0.338 e. The molecule has 0 N–H and O–H groups in total. The van der Waals surface area contributed by atoms with E-state index in [4.69, 9.17) is 4.74 Å². The zero-order valence-corrected chi connectivity index (χ0v) is 20.9. The fourth-order valence-electron chi connectivity index (χ4n) is 4.74. The van der Waals surface area contributed by atoms with Crippen molar-refractivity contribution < 1.29 is 14.3 Å². The van der Waals surface area contributed by atoms with Crippen molar-refractivity contribution in [1.29, 1.82) is 0 Å². The fraction of sp³-hybridized carbons (Fsp3) is 0.214. The molecule has 7 nitrogen and oxygen atoms in total. The number of ether oxygens (including phenoxy) is 1. The maximum atomic E-state index is 14.0. The van der Waals surface area contributed by atoms with Crippen molar-refractivity contribution >= 4 is 34.5 Å². The van der Waals surface area contributed by atoms with Gasteiger partial charge in [0.05, 0.1) is 28.6 Å². The van der Waals surface area contributed by atoms with Gasteiger partial charge in [-0.15, -0.1) is 0 Å². The Morgan fingerprint density at radius 1 is 1.14 bits per heavy atom. The molecule has 36 heavy (non-hydrogen) atoms. The molecular weight excluding hydrogens is 474 g/mol. The highest BCUT2D eigenvalue weighted by molar-refractivity contribution is 7.07. The summed E-state index contributed by atoms with van der Waals surface area (Å²) in [5.74, 6) is -0.750. The molecule has 2 aromatic carbocycles. The van der Waals surface area contributed by atoms with Crippen molar-refractivity contribution in [3.05, 3.63) is 109 Å². The number of amides is 1. The first-order valence-electron chi connectivity index (χ1n) is 11.8. The van der Waals surface area contributed by atoms with Crippen LogP contribution in [0.15, 0.2) is 88.3 Å². The van der Waals surface area contributed by atoms with Crippen molar-refractivity contribution in [2.75, 3.05) is 18.1 Å². The van der Waals surface area contributed by atoms with Gasteiger partial charge in [0, 0.05) is 12.1 Å². The van der Waals surface area contributed by atoms with Gasteiger partial charge in [0.2, 0.25) is 0 Å². The van der Waals surface area contributed by atoms with Gasteiger partial charge in [0.1, 0.15) is 11.1 Å². The lowest BCUT2D eigenvalue weighted by Crippen LogP contribution is -2.41. The third-order valence-corrected chi connectivity index (χ3v) is 7.32. The highest BCUT2D eigenvalue weighted by Crippen LogP contribution is 2.35. The summed E-state index contributed by atoms with van der Waals surface area (Å²) < 4.78 is 7.20. The molecule has 0 radical (unpaired) electrons. The van der Waals surface area contributed by atoms with Gasteiger partial charge < -0.3 is 9.64 Å². The summed E-state index contributed by atoms with van der Waals surface area (Å²) >= 11 is 1.18. The molecule has 8 heteroatoms. The standard InChI is InChI=1S/C28H25N3O4S/c1-4-15-30-20-14-10-9-13-19(20)22(25(30)32)24-26(33)31-23(18-11-7-6-8-12-18)21(27(34)35-16-5-2)17(3)29-28(31)36-24/h5-14,23H,2,4,15-16H2,1,3H3/b24-22+/t23-/m0/s1. The molecule has 5 rings (SSSR count). The fourth-order valence-corrected chi connectivity index (χ4v) is 5.88. The average molecular weight is 500 g/mol. The monoisotopic (exact) mass is 499 g/mol. The van der Waals surface area contributed by atoms with E-state index in [-0.39, 0.29) is 23.6 Å². The molecule has 1 aromatic heterocycles. The van der Waals surface area contributed by atoms with Crippen LogP contribution in [-0.2, 0) is 14.3 Å². The molecule has 0 bridgehead atoms. The van der Waals surface area contributed by atoms with Crippen molar-refractivity contribution in [2.45, 2.75) is 26.3 Å². The van der Waals surface area contributed by atoms with Crippen LogP contribution < -0.4 is 19.8 Å². The molecule has 0 saturated carbocycles. The number of rotatable bonds is 6. The Morgan fingerprint density at radius 3 is 2.58 bits per heavy atom. The van der Waals surface area contributed by atoms with Gasteiger partial charge in [-0.1, -0.05) is 79.4 Å². The topological polar surface area (TPSA) is 81.0 Å². The highest BCUT2D eigenvalue weighted by Gasteiger charge is 2.37. The largest absolute Gasteiger partial charge is 0.458 e. The molecule has 182 valence electrons. The Morgan fingerprint density at radius 2 is 1.86 bits per heavy atom. The number of esters is 1. The number of fused-ring (bicyclic) bond motifs is 2. The summed E-state index contributed by atoms with van der Waals surface area (Å²) in [4.78, 5) is 47.5. The summed E-state index contributed by atoms with van der Waals surface area (Å²) in [5.41, 5.74) is 3.07. The van der Waals surface area contributed by atoms with Gasteiger partial charge in [-0.3, -0.25) is 14.2 Å². The Kier molecular flexibility index (Phi) is 6.28. The van der Waals surface area contributed by atoms with Crippen LogP contribution in [-0.4, -0.2) is 29.6 Å². The Hall–Kier alpha value is -4.04. The number of allylic oxidation sites excluding steroid dienone is 1. The third kappa shape index (κ3) is 3.74. The highest BCUT2D eigenvalue weighted by atomic mass is 32.1. The van der Waals surface area contributed by atoms with Crippen LogP contribution in [0.1, 0.15) is 37.4 Å². The number of aromatic nitrogens is 1. The van der Waals surface area contributed by atoms with Gasteiger partial charge in [-0.05, 0) is 25.0 Å². The van der Waals surface area contributed by atoms with E-state index in [1.165, 1.54) is 22.0 Å². The van der Waals surface area contributed by atoms with E-state index in [9.17, 15) is 14.4 Å². The molecule has 3 heterocycles. The second-order valence-corrected chi connectivity index (χ2v) is 9.53. The molecule has 0 unspecified atom stereocenters. The van der Waals surface area contributed by atoms with Crippen LogP contribution in [0, 0.1) is 0 Å². The van der Waals surface area contributed by atoms with E-state index in [0.29, 0.717) is 27.1 Å². The zero-order chi connectivity index (χ0) is 25.4. The quantitative estimate of drug-likeness (QED) is 0.386. The first-order valence-corrected chi connectivity index (χ1v) is 12.6.